The molecule has 1 atom stereocenters. The summed E-state index contributed by atoms with van der Waals surface area (Å²) in [6.07, 6.45) is -1.49. The van der Waals surface area contributed by atoms with Gasteiger partial charge in [-0.1, -0.05) is 37.3 Å². The molecule has 6 heteroatoms. The van der Waals surface area contributed by atoms with Gasteiger partial charge in [0, 0.05) is 6.20 Å². The van der Waals surface area contributed by atoms with Gasteiger partial charge in [0.15, 0.2) is 0 Å². The lowest BCUT2D eigenvalue weighted by Crippen LogP contribution is -2.26. The third-order valence-electron chi connectivity index (χ3n) is 3.17. The van der Waals surface area contributed by atoms with Crippen molar-refractivity contribution in [3.63, 3.8) is 0 Å². The molecule has 3 nitrogen and oxygen atoms in total. The Morgan fingerprint density at radius 1 is 1.24 bits per heavy atom. The van der Waals surface area contributed by atoms with E-state index in [2.05, 4.69) is 10.4 Å². The molecule has 0 aliphatic heterocycles. The summed E-state index contributed by atoms with van der Waals surface area (Å²) < 4.78 is 39.1. The van der Waals surface area contributed by atoms with Gasteiger partial charge in [0.1, 0.15) is 0 Å². The van der Waals surface area contributed by atoms with Gasteiger partial charge in [-0.2, -0.15) is 18.3 Å². The van der Waals surface area contributed by atoms with Gasteiger partial charge in [-0.05, 0) is 18.5 Å². The summed E-state index contributed by atoms with van der Waals surface area (Å²) in [6.45, 7) is 3.21. The predicted octanol–water partition coefficient (Wildman–Crippen LogP) is 3.64. The number of aromatic nitrogens is 2. The van der Waals surface area contributed by atoms with E-state index in [0.29, 0.717) is 6.54 Å². The topological polar surface area (TPSA) is 29.9 Å². The van der Waals surface area contributed by atoms with Crippen LogP contribution in [0.2, 0.25) is 0 Å². The fourth-order valence-corrected chi connectivity index (χ4v) is 2.09. The predicted molar refractivity (Wildman–Crippen MR) is 74.7 cm³/mol. The molecule has 0 fully saturated rings. The summed E-state index contributed by atoms with van der Waals surface area (Å²) in [7, 11) is 0. The highest BCUT2D eigenvalue weighted by atomic mass is 19.4. The molecule has 2 aromatic rings. The highest BCUT2D eigenvalue weighted by Gasteiger charge is 2.32. The third kappa shape index (κ3) is 4.32. The molecule has 114 valence electrons. The van der Waals surface area contributed by atoms with Gasteiger partial charge in [-0.25, -0.2) is 0 Å². The number of nitrogens with one attached hydrogen (secondary N) is 1. The van der Waals surface area contributed by atoms with E-state index in [4.69, 9.17) is 0 Å². The molecule has 1 unspecified atom stereocenters. The smallest absolute Gasteiger partial charge is 0.308 e. The summed E-state index contributed by atoms with van der Waals surface area (Å²) in [6, 6.07) is 9.60. The van der Waals surface area contributed by atoms with Crippen LogP contribution >= 0.6 is 0 Å². The zero-order valence-corrected chi connectivity index (χ0v) is 11.8. The summed E-state index contributed by atoms with van der Waals surface area (Å²) in [5.74, 6) is 0. The van der Waals surface area contributed by atoms with E-state index in [0.717, 1.165) is 30.9 Å². The Hall–Kier alpha value is -1.82. The van der Waals surface area contributed by atoms with Gasteiger partial charge in [-0.3, -0.25) is 4.68 Å². The van der Waals surface area contributed by atoms with Crippen LogP contribution in [-0.2, 0) is 12.7 Å². The van der Waals surface area contributed by atoms with E-state index in [1.165, 1.54) is 4.68 Å². The molecular formula is C15H18F3N3. The van der Waals surface area contributed by atoms with Crippen molar-refractivity contribution in [1.82, 2.24) is 15.1 Å². The summed E-state index contributed by atoms with van der Waals surface area (Å²) in [4.78, 5) is 0. The van der Waals surface area contributed by atoms with Gasteiger partial charge >= 0.3 is 6.18 Å². The Balaban J connectivity index is 2.13. The van der Waals surface area contributed by atoms with Crippen LogP contribution in [0.4, 0.5) is 13.2 Å². The molecule has 0 bridgehead atoms. The van der Waals surface area contributed by atoms with Crippen LogP contribution in [0, 0.1) is 0 Å². The lowest BCUT2D eigenvalue weighted by molar-refractivity contribution is -0.137. The summed E-state index contributed by atoms with van der Waals surface area (Å²) >= 11 is 0. The van der Waals surface area contributed by atoms with Gasteiger partial charge in [0.25, 0.3) is 0 Å². The Morgan fingerprint density at radius 2 is 1.95 bits per heavy atom. The summed E-state index contributed by atoms with van der Waals surface area (Å²) in [5.41, 5.74) is 0.319. The minimum absolute atomic E-state index is 0.0628. The maximum absolute atomic E-state index is 12.6. The number of hydrogen-bond donors (Lipinski definition) is 1. The van der Waals surface area contributed by atoms with Crippen molar-refractivity contribution in [3.8, 4) is 0 Å². The maximum atomic E-state index is 12.6. The van der Waals surface area contributed by atoms with Crippen molar-refractivity contribution in [1.29, 1.82) is 0 Å². The molecule has 1 aromatic carbocycles. The SMILES string of the molecule is CCCNC(Cn1cc(C(F)(F)F)cn1)c1ccccc1. The van der Waals surface area contributed by atoms with Crippen molar-refractivity contribution < 1.29 is 13.2 Å². The Labute approximate surface area is 121 Å². The molecule has 0 aliphatic carbocycles. The third-order valence-corrected chi connectivity index (χ3v) is 3.17. The number of rotatable bonds is 6. The maximum Gasteiger partial charge on any atom is 0.419 e. The molecule has 2 rings (SSSR count). The number of alkyl halides is 3. The molecule has 1 heterocycles. The first-order valence-corrected chi connectivity index (χ1v) is 6.88. The Kier molecular flexibility index (Phi) is 5.01. The van der Waals surface area contributed by atoms with Gasteiger partial charge in [0.2, 0.25) is 0 Å². The van der Waals surface area contributed by atoms with Gasteiger partial charge in [-0.15, -0.1) is 0 Å². The molecule has 0 amide bonds. The monoisotopic (exact) mass is 297 g/mol. The van der Waals surface area contributed by atoms with E-state index in [9.17, 15) is 13.2 Å². The fraction of sp³-hybridized carbons (Fsp3) is 0.400. The molecule has 1 N–H and O–H groups in total. The molecule has 0 spiro atoms. The largest absolute Gasteiger partial charge is 0.419 e. The van der Waals surface area contributed by atoms with E-state index in [1.807, 2.05) is 37.3 Å². The van der Waals surface area contributed by atoms with Crippen LogP contribution in [0.1, 0.15) is 30.5 Å². The van der Waals surface area contributed by atoms with E-state index in [-0.39, 0.29) is 6.04 Å². The first kappa shape index (κ1) is 15.6. The molecule has 0 radical (unpaired) electrons. The Morgan fingerprint density at radius 3 is 2.52 bits per heavy atom. The number of nitrogens with zero attached hydrogens (tertiary/aromatic N) is 2. The number of halogens is 3. The highest BCUT2D eigenvalue weighted by Crippen LogP contribution is 2.28. The second kappa shape index (κ2) is 6.76. The van der Waals surface area contributed by atoms with E-state index >= 15 is 0 Å². The molecule has 21 heavy (non-hydrogen) atoms. The lowest BCUT2D eigenvalue weighted by Gasteiger charge is -2.19. The minimum atomic E-state index is -4.35. The van der Waals surface area contributed by atoms with Crippen molar-refractivity contribution in [3.05, 3.63) is 53.9 Å². The fourth-order valence-electron chi connectivity index (χ4n) is 2.09. The highest BCUT2D eigenvalue weighted by molar-refractivity contribution is 5.19. The van der Waals surface area contributed by atoms with Crippen molar-refractivity contribution in [2.24, 2.45) is 0 Å². The minimum Gasteiger partial charge on any atom is -0.308 e. The Bertz CT molecular complexity index is 549. The van der Waals surface area contributed by atoms with Crippen LogP contribution in [-0.4, -0.2) is 16.3 Å². The second-order valence-corrected chi connectivity index (χ2v) is 4.87. The molecular weight excluding hydrogens is 279 g/mol. The quantitative estimate of drug-likeness (QED) is 0.882. The van der Waals surface area contributed by atoms with Crippen molar-refractivity contribution in [2.45, 2.75) is 32.1 Å². The van der Waals surface area contributed by atoms with Crippen LogP contribution < -0.4 is 5.32 Å². The zero-order valence-electron chi connectivity index (χ0n) is 11.8. The van der Waals surface area contributed by atoms with E-state index < -0.39 is 11.7 Å². The van der Waals surface area contributed by atoms with Crippen LogP contribution in [0.3, 0.4) is 0 Å². The van der Waals surface area contributed by atoms with Crippen molar-refractivity contribution in [2.75, 3.05) is 6.54 Å². The standard InChI is InChI=1S/C15H18F3N3/c1-2-8-19-14(12-6-4-3-5-7-12)11-21-10-13(9-20-21)15(16,17)18/h3-7,9-10,14,19H,2,8,11H2,1H3. The van der Waals surface area contributed by atoms with Crippen molar-refractivity contribution >= 4 is 0 Å². The van der Waals surface area contributed by atoms with E-state index in [1.54, 1.807) is 0 Å². The van der Waals surface area contributed by atoms with Gasteiger partial charge < -0.3 is 5.32 Å². The second-order valence-electron chi connectivity index (χ2n) is 4.87. The number of hydrogen-bond acceptors (Lipinski definition) is 2. The number of benzene rings is 1. The summed E-state index contributed by atoms with van der Waals surface area (Å²) in [5, 5.41) is 7.15. The molecule has 0 saturated carbocycles. The van der Waals surface area contributed by atoms with Crippen LogP contribution in [0.5, 0.6) is 0 Å². The normalized spacial score (nSPS) is 13.3. The van der Waals surface area contributed by atoms with Crippen LogP contribution in [0.25, 0.3) is 0 Å². The average Bonchev–Trinajstić information content (AvgIpc) is 2.93. The first-order valence-electron chi connectivity index (χ1n) is 6.88. The average molecular weight is 297 g/mol. The first-order chi connectivity index (χ1) is 10.0. The molecule has 0 saturated heterocycles. The van der Waals surface area contributed by atoms with Crippen LogP contribution in [0.15, 0.2) is 42.7 Å². The van der Waals surface area contributed by atoms with Gasteiger partial charge in [0.05, 0.1) is 24.3 Å². The lowest BCUT2D eigenvalue weighted by atomic mass is 10.1. The zero-order chi connectivity index (χ0) is 15.3. The molecule has 0 aliphatic rings. The molecule has 1 aromatic heterocycles.